The van der Waals surface area contributed by atoms with E-state index in [0.717, 1.165) is 38.4 Å². The SMILES string of the molecule is Cc1nc2cccc(NCc3ccc(CN4CCOCC4)cc3)c2c(=O)n1C1CCC(=O)NC1=O. The number of benzene rings is 2. The van der Waals surface area contributed by atoms with Gasteiger partial charge in [0.2, 0.25) is 11.8 Å². The molecule has 2 saturated heterocycles. The number of amides is 2. The molecule has 35 heavy (non-hydrogen) atoms. The molecule has 2 aliphatic heterocycles. The first-order valence-corrected chi connectivity index (χ1v) is 12.0. The van der Waals surface area contributed by atoms with Crippen molar-refractivity contribution in [3.8, 4) is 0 Å². The Morgan fingerprint density at radius 3 is 2.54 bits per heavy atom. The Balaban J connectivity index is 1.36. The number of fused-ring (bicyclic) bond motifs is 1. The van der Waals surface area contributed by atoms with E-state index in [0.29, 0.717) is 29.0 Å². The van der Waals surface area contributed by atoms with Crippen LogP contribution in [0.15, 0.2) is 47.3 Å². The average molecular weight is 476 g/mol. The summed E-state index contributed by atoms with van der Waals surface area (Å²) >= 11 is 0. The Bertz CT molecular complexity index is 1310. The van der Waals surface area contributed by atoms with E-state index in [1.54, 1.807) is 13.0 Å². The lowest BCUT2D eigenvalue weighted by Crippen LogP contribution is -2.45. The highest BCUT2D eigenvalue weighted by molar-refractivity contribution is 5.99. The molecular formula is C26H29N5O4. The number of hydrogen-bond acceptors (Lipinski definition) is 7. The number of piperidine rings is 1. The van der Waals surface area contributed by atoms with Gasteiger partial charge in [-0.3, -0.25) is 29.2 Å². The summed E-state index contributed by atoms with van der Waals surface area (Å²) in [6.45, 7) is 6.64. The van der Waals surface area contributed by atoms with E-state index in [1.165, 1.54) is 10.1 Å². The Morgan fingerprint density at radius 1 is 1.06 bits per heavy atom. The van der Waals surface area contributed by atoms with Crippen molar-refractivity contribution in [2.75, 3.05) is 31.6 Å². The second-order valence-corrected chi connectivity index (χ2v) is 9.06. The zero-order valence-corrected chi connectivity index (χ0v) is 19.8. The molecule has 2 fully saturated rings. The van der Waals surface area contributed by atoms with E-state index in [-0.39, 0.29) is 24.3 Å². The van der Waals surface area contributed by atoms with Crippen LogP contribution in [0, 0.1) is 6.92 Å². The van der Waals surface area contributed by atoms with Gasteiger partial charge in [0.05, 0.1) is 24.1 Å². The third kappa shape index (κ3) is 4.96. The van der Waals surface area contributed by atoms with Crippen LogP contribution in [0.25, 0.3) is 10.9 Å². The molecular weight excluding hydrogens is 446 g/mol. The Morgan fingerprint density at radius 2 is 1.80 bits per heavy atom. The van der Waals surface area contributed by atoms with Gasteiger partial charge in [-0.1, -0.05) is 30.3 Å². The molecule has 5 rings (SSSR count). The van der Waals surface area contributed by atoms with Crippen LogP contribution in [0.4, 0.5) is 5.69 Å². The van der Waals surface area contributed by atoms with Crippen LogP contribution in [-0.4, -0.2) is 52.6 Å². The Labute approximate surface area is 203 Å². The first-order chi connectivity index (χ1) is 17.0. The van der Waals surface area contributed by atoms with Crippen LogP contribution in [-0.2, 0) is 27.4 Å². The summed E-state index contributed by atoms with van der Waals surface area (Å²) < 4.78 is 6.83. The number of carbonyl (C=O) groups is 2. The highest BCUT2D eigenvalue weighted by Gasteiger charge is 2.30. The summed E-state index contributed by atoms with van der Waals surface area (Å²) in [4.78, 5) is 44.5. The summed E-state index contributed by atoms with van der Waals surface area (Å²) in [6.07, 6.45) is 0.479. The molecule has 0 bridgehead atoms. The second-order valence-electron chi connectivity index (χ2n) is 9.06. The Kier molecular flexibility index (Phi) is 6.61. The van der Waals surface area contributed by atoms with E-state index in [1.807, 2.05) is 12.1 Å². The number of imide groups is 1. The first-order valence-electron chi connectivity index (χ1n) is 12.0. The van der Waals surface area contributed by atoms with Crippen molar-refractivity contribution >= 4 is 28.4 Å². The van der Waals surface area contributed by atoms with Gasteiger partial charge in [-0.25, -0.2) is 4.98 Å². The van der Waals surface area contributed by atoms with Crippen molar-refractivity contribution in [1.29, 1.82) is 0 Å². The van der Waals surface area contributed by atoms with Crippen LogP contribution in [0.1, 0.15) is 35.8 Å². The molecule has 3 heterocycles. The number of rotatable bonds is 6. The van der Waals surface area contributed by atoms with Crippen molar-refractivity contribution in [3.05, 3.63) is 69.8 Å². The average Bonchev–Trinajstić information content (AvgIpc) is 2.85. The number of carbonyl (C=O) groups excluding carboxylic acids is 2. The van der Waals surface area contributed by atoms with Gasteiger partial charge in [-0.2, -0.15) is 0 Å². The molecule has 2 aromatic carbocycles. The fourth-order valence-corrected chi connectivity index (χ4v) is 4.77. The number of nitrogens with one attached hydrogen (secondary N) is 2. The highest BCUT2D eigenvalue weighted by atomic mass is 16.5. The fourth-order valence-electron chi connectivity index (χ4n) is 4.77. The summed E-state index contributed by atoms with van der Waals surface area (Å²) in [6, 6.07) is 13.2. The van der Waals surface area contributed by atoms with Gasteiger partial charge in [-0.05, 0) is 36.6 Å². The molecule has 2 N–H and O–H groups in total. The maximum Gasteiger partial charge on any atom is 0.264 e. The van der Waals surface area contributed by atoms with Crippen molar-refractivity contribution in [3.63, 3.8) is 0 Å². The van der Waals surface area contributed by atoms with Crippen LogP contribution >= 0.6 is 0 Å². The van der Waals surface area contributed by atoms with Gasteiger partial charge >= 0.3 is 0 Å². The van der Waals surface area contributed by atoms with Crippen LogP contribution in [0.2, 0.25) is 0 Å². The molecule has 2 amide bonds. The number of ether oxygens (including phenoxy) is 1. The van der Waals surface area contributed by atoms with Crippen molar-refractivity contribution in [1.82, 2.24) is 19.8 Å². The number of hydrogen-bond donors (Lipinski definition) is 2. The van der Waals surface area contributed by atoms with Crippen LogP contribution < -0.4 is 16.2 Å². The molecule has 9 nitrogen and oxygen atoms in total. The van der Waals surface area contributed by atoms with Crippen LogP contribution in [0.5, 0.6) is 0 Å². The largest absolute Gasteiger partial charge is 0.380 e. The molecule has 0 radical (unpaired) electrons. The minimum Gasteiger partial charge on any atom is -0.380 e. The molecule has 3 aromatic rings. The zero-order chi connectivity index (χ0) is 24.4. The predicted octanol–water partition coefficient (Wildman–Crippen LogP) is 2.13. The second kappa shape index (κ2) is 9.97. The standard InChI is InChI=1S/C26H29N5O4/c1-17-28-21-4-2-3-20(24(21)26(34)31(17)22-9-10-23(32)29-25(22)33)27-15-18-5-7-19(8-6-18)16-30-11-13-35-14-12-30/h2-8,22,27H,9-16H2,1H3,(H,29,32,33). The number of morpholine rings is 1. The third-order valence-corrected chi connectivity index (χ3v) is 6.64. The number of anilines is 1. The Hall–Kier alpha value is -3.56. The maximum absolute atomic E-state index is 13.5. The fraction of sp³-hybridized carbons (Fsp3) is 0.385. The number of aryl methyl sites for hydroxylation is 1. The van der Waals surface area contributed by atoms with Crippen molar-refractivity contribution in [2.45, 2.75) is 38.9 Å². The van der Waals surface area contributed by atoms with Gasteiger partial charge in [0, 0.05) is 38.3 Å². The van der Waals surface area contributed by atoms with Gasteiger partial charge in [0.1, 0.15) is 11.9 Å². The zero-order valence-electron chi connectivity index (χ0n) is 19.8. The lowest BCUT2D eigenvalue weighted by atomic mass is 10.1. The molecule has 1 unspecified atom stereocenters. The van der Waals surface area contributed by atoms with E-state index in [9.17, 15) is 14.4 Å². The van der Waals surface area contributed by atoms with Gasteiger partial charge in [0.25, 0.3) is 5.56 Å². The molecule has 1 aromatic heterocycles. The third-order valence-electron chi connectivity index (χ3n) is 6.64. The van der Waals surface area contributed by atoms with Crippen molar-refractivity contribution < 1.29 is 14.3 Å². The maximum atomic E-state index is 13.5. The van der Waals surface area contributed by atoms with Gasteiger partial charge in [0.15, 0.2) is 0 Å². The van der Waals surface area contributed by atoms with Crippen LogP contribution in [0.3, 0.4) is 0 Å². The number of nitrogens with zero attached hydrogens (tertiary/aromatic N) is 3. The molecule has 0 saturated carbocycles. The smallest absolute Gasteiger partial charge is 0.264 e. The quantitative estimate of drug-likeness (QED) is 0.526. The summed E-state index contributed by atoms with van der Waals surface area (Å²) in [5.41, 5.74) is 3.30. The normalized spacial score (nSPS) is 19.1. The van der Waals surface area contributed by atoms with E-state index in [4.69, 9.17) is 4.74 Å². The minimum absolute atomic E-state index is 0.196. The molecule has 9 heteroatoms. The van der Waals surface area contributed by atoms with Crippen molar-refractivity contribution in [2.24, 2.45) is 0 Å². The summed E-state index contributed by atoms with van der Waals surface area (Å²) in [5, 5.41) is 6.15. The predicted molar refractivity (Wildman–Crippen MR) is 132 cm³/mol. The topological polar surface area (TPSA) is 106 Å². The highest BCUT2D eigenvalue weighted by Crippen LogP contribution is 2.24. The molecule has 182 valence electrons. The van der Waals surface area contributed by atoms with Gasteiger partial charge in [-0.15, -0.1) is 0 Å². The summed E-state index contributed by atoms with van der Waals surface area (Å²) in [5.74, 6) is -0.329. The molecule has 2 aliphatic rings. The monoisotopic (exact) mass is 475 g/mol. The molecule has 1 atom stereocenters. The summed E-state index contributed by atoms with van der Waals surface area (Å²) in [7, 11) is 0. The van der Waals surface area contributed by atoms with E-state index < -0.39 is 11.9 Å². The van der Waals surface area contributed by atoms with E-state index in [2.05, 4.69) is 44.8 Å². The molecule has 0 spiro atoms. The van der Waals surface area contributed by atoms with Gasteiger partial charge < -0.3 is 10.1 Å². The first kappa shape index (κ1) is 23.2. The lowest BCUT2D eigenvalue weighted by molar-refractivity contribution is -0.135. The minimum atomic E-state index is -0.746. The molecule has 0 aliphatic carbocycles. The number of aromatic nitrogens is 2. The lowest BCUT2D eigenvalue weighted by Gasteiger charge is -2.26. The van der Waals surface area contributed by atoms with E-state index >= 15 is 0 Å².